The van der Waals surface area contributed by atoms with Gasteiger partial charge in [0.25, 0.3) is 5.89 Å². The van der Waals surface area contributed by atoms with Crippen LogP contribution in [-0.4, -0.2) is 16.0 Å². The lowest BCUT2D eigenvalue weighted by molar-refractivity contribution is -0.115. The fourth-order valence-corrected chi connectivity index (χ4v) is 3.55. The van der Waals surface area contributed by atoms with Crippen LogP contribution < -0.4 is 5.32 Å². The number of rotatable bonds is 4. The number of nitrogens with one attached hydrogen (secondary N) is 1. The van der Waals surface area contributed by atoms with E-state index in [0.717, 1.165) is 21.2 Å². The van der Waals surface area contributed by atoms with Crippen LogP contribution in [0.3, 0.4) is 0 Å². The monoisotopic (exact) mass is 351 g/mol. The van der Waals surface area contributed by atoms with Crippen LogP contribution >= 0.6 is 11.3 Å². The highest BCUT2D eigenvalue weighted by atomic mass is 32.1. The average Bonchev–Trinajstić information content (AvgIpc) is 3.24. The summed E-state index contributed by atoms with van der Waals surface area (Å²) >= 11 is 1.46. The fourth-order valence-electron chi connectivity index (χ4n) is 2.78. The number of thiophene rings is 1. The Morgan fingerprint density at radius 3 is 2.88 bits per heavy atom. The van der Waals surface area contributed by atoms with E-state index in [2.05, 4.69) is 15.5 Å². The number of benzene rings is 2. The summed E-state index contributed by atoms with van der Waals surface area (Å²) in [6, 6.07) is 15.9. The van der Waals surface area contributed by atoms with Crippen LogP contribution in [0.5, 0.6) is 0 Å². The molecule has 0 bridgehead atoms. The molecule has 5 nitrogen and oxygen atoms in total. The predicted octanol–water partition coefficient (Wildman–Crippen LogP) is 4.69. The summed E-state index contributed by atoms with van der Waals surface area (Å²) in [4.78, 5) is 17.5. The van der Waals surface area contributed by atoms with E-state index in [9.17, 15) is 4.79 Å². The number of carbonyl (C=O) groups excluding carboxylic acids is 1. The lowest BCUT2D eigenvalue weighted by Crippen LogP contribution is -2.14. The number of nitrogens with zero attached hydrogens (tertiary/aromatic N) is 2. The summed E-state index contributed by atoms with van der Waals surface area (Å²) in [6.45, 7) is 1.76. The molecule has 0 atom stereocenters. The molecule has 0 aliphatic carbocycles. The fraction of sp³-hybridized carbons (Fsp3) is 0.105. The van der Waals surface area contributed by atoms with Gasteiger partial charge in [-0.15, -0.1) is 11.3 Å². The van der Waals surface area contributed by atoms with E-state index < -0.39 is 0 Å². The number of carbonyl (C=O) groups is 1. The summed E-state index contributed by atoms with van der Waals surface area (Å²) in [6.07, 6.45) is 0.305. The van der Waals surface area contributed by atoms with Gasteiger partial charge in [0, 0.05) is 1.43 Å². The van der Waals surface area contributed by atoms with Crippen molar-refractivity contribution in [2.45, 2.75) is 13.3 Å². The van der Waals surface area contributed by atoms with Crippen LogP contribution in [0, 0.1) is 6.92 Å². The third kappa shape index (κ3) is 3.16. The molecule has 0 radical (unpaired) electrons. The SMILES string of the molecule is Cc1noc(-c2sccc2NC(=O)Cc2cccc3ccccc23)n1.[HH]. The summed E-state index contributed by atoms with van der Waals surface area (Å²) in [5.41, 5.74) is 1.69. The van der Waals surface area contributed by atoms with Crippen molar-refractivity contribution >= 4 is 33.7 Å². The van der Waals surface area contributed by atoms with E-state index in [1.165, 1.54) is 11.3 Å². The van der Waals surface area contributed by atoms with Crippen molar-refractivity contribution in [1.82, 2.24) is 10.1 Å². The van der Waals surface area contributed by atoms with Crippen molar-refractivity contribution < 1.29 is 10.7 Å². The van der Waals surface area contributed by atoms with Crippen molar-refractivity contribution in [3.05, 3.63) is 65.3 Å². The third-order valence-corrected chi connectivity index (χ3v) is 4.79. The van der Waals surface area contributed by atoms with Gasteiger partial charge in [-0.1, -0.05) is 47.6 Å². The second kappa shape index (κ2) is 6.49. The molecule has 1 N–H and O–H groups in total. The van der Waals surface area contributed by atoms with Crippen LogP contribution in [0.25, 0.3) is 21.5 Å². The van der Waals surface area contributed by atoms with Gasteiger partial charge in [0.2, 0.25) is 5.91 Å². The zero-order valence-electron chi connectivity index (χ0n) is 13.5. The minimum atomic E-state index is -0.0766. The number of anilines is 1. The zero-order chi connectivity index (χ0) is 17.2. The smallest absolute Gasteiger partial charge is 0.270 e. The molecule has 2 aromatic carbocycles. The molecule has 0 aliphatic heterocycles. The molecule has 2 heterocycles. The highest BCUT2D eigenvalue weighted by Crippen LogP contribution is 2.32. The van der Waals surface area contributed by atoms with E-state index in [4.69, 9.17) is 4.52 Å². The molecule has 2 aromatic heterocycles. The molecule has 0 spiro atoms. The molecule has 6 heteroatoms. The van der Waals surface area contributed by atoms with E-state index in [1.807, 2.05) is 53.9 Å². The number of fused-ring (bicyclic) bond motifs is 1. The number of amides is 1. The Morgan fingerprint density at radius 2 is 2.04 bits per heavy atom. The number of hydrogen-bond donors (Lipinski definition) is 1. The van der Waals surface area contributed by atoms with Gasteiger partial charge in [-0.2, -0.15) is 4.98 Å². The summed E-state index contributed by atoms with van der Waals surface area (Å²) in [7, 11) is 0. The maximum Gasteiger partial charge on any atom is 0.270 e. The van der Waals surface area contributed by atoms with Gasteiger partial charge in [-0.25, -0.2) is 0 Å². The van der Waals surface area contributed by atoms with Crippen LogP contribution in [0.2, 0.25) is 0 Å². The first kappa shape index (κ1) is 15.5. The standard InChI is InChI=1S/C19H15N3O2S.H2/c1-12-20-19(24-22-12)18-16(9-10-25-18)21-17(23)11-14-7-4-6-13-5-2-3-8-15(13)14;/h2-10H,11H2,1H3,(H,21,23);1H. The maximum absolute atomic E-state index is 12.5. The Hall–Kier alpha value is -2.99. The van der Waals surface area contributed by atoms with Gasteiger partial charge < -0.3 is 9.84 Å². The normalized spacial score (nSPS) is 10.9. The Morgan fingerprint density at radius 1 is 1.20 bits per heavy atom. The Kier molecular flexibility index (Phi) is 4.03. The summed E-state index contributed by atoms with van der Waals surface area (Å²) < 4.78 is 5.20. The molecule has 4 rings (SSSR count). The molecular formula is C19H17N3O2S. The Bertz CT molecular complexity index is 1050. The van der Waals surface area contributed by atoms with Gasteiger partial charge in [0.05, 0.1) is 12.1 Å². The molecule has 0 saturated heterocycles. The van der Waals surface area contributed by atoms with E-state index in [1.54, 1.807) is 6.92 Å². The van der Waals surface area contributed by atoms with Crippen LogP contribution in [0.4, 0.5) is 5.69 Å². The predicted molar refractivity (Wildman–Crippen MR) is 101 cm³/mol. The van der Waals surface area contributed by atoms with Gasteiger partial charge in [0.1, 0.15) is 4.88 Å². The van der Waals surface area contributed by atoms with E-state index >= 15 is 0 Å². The number of hydrogen-bond acceptors (Lipinski definition) is 5. The van der Waals surface area contributed by atoms with Gasteiger partial charge in [-0.3, -0.25) is 4.79 Å². The largest absolute Gasteiger partial charge is 0.333 e. The molecule has 0 aliphatic rings. The van der Waals surface area contributed by atoms with Gasteiger partial charge in [0.15, 0.2) is 5.82 Å². The van der Waals surface area contributed by atoms with Crippen molar-refractivity contribution in [2.75, 3.05) is 5.32 Å². The minimum Gasteiger partial charge on any atom is -0.333 e. The molecule has 0 saturated carbocycles. The topological polar surface area (TPSA) is 68.0 Å². The minimum absolute atomic E-state index is 0. The van der Waals surface area contributed by atoms with Crippen molar-refractivity contribution in [1.29, 1.82) is 0 Å². The van der Waals surface area contributed by atoms with E-state index in [-0.39, 0.29) is 7.33 Å². The van der Waals surface area contributed by atoms with Crippen molar-refractivity contribution in [3.8, 4) is 10.8 Å². The number of aryl methyl sites for hydroxylation is 1. The molecular weight excluding hydrogens is 334 g/mol. The van der Waals surface area contributed by atoms with Crippen LogP contribution in [0.1, 0.15) is 12.8 Å². The first-order chi connectivity index (χ1) is 12.2. The second-order valence-corrected chi connectivity index (χ2v) is 6.59. The molecule has 0 fully saturated rings. The van der Waals surface area contributed by atoms with Crippen molar-refractivity contribution in [2.24, 2.45) is 0 Å². The van der Waals surface area contributed by atoms with Crippen molar-refractivity contribution in [3.63, 3.8) is 0 Å². The highest BCUT2D eigenvalue weighted by molar-refractivity contribution is 7.14. The molecule has 126 valence electrons. The summed E-state index contributed by atoms with van der Waals surface area (Å²) in [5, 5.41) is 10.9. The Labute approximate surface area is 149 Å². The lowest BCUT2D eigenvalue weighted by Gasteiger charge is -2.08. The maximum atomic E-state index is 12.5. The van der Waals surface area contributed by atoms with Crippen LogP contribution in [-0.2, 0) is 11.2 Å². The average molecular weight is 351 g/mol. The Balaban J connectivity index is 0.00000196. The van der Waals surface area contributed by atoms with Gasteiger partial charge >= 0.3 is 0 Å². The van der Waals surface area contributed by atoms with Gasteiger partial charge in [-0.05, 0) is 34.7 Å². The van der Waals surface area contributed by atoms with E-state index in [0.29, 0.717) is 23.8 Å². The quantitative estimate of drug-likeness (QED) is 0.579. The highest BCUT2D eigenvalue weighted by Gasteiger charge is 2.16. The molecule has 4 aromatic rings. The summed E-state index contributed by atoms with van der Waals surface area (Å²) in [5.74, 6) is 0.914. The lowest BCUT2D eigenvalue weighted by atomic mass is 10.0. The zero-order valence-corrected chi connectivity index (χ0v) is 14.3. The molecule has 25 heavy (non-hydrogen) atoms. The first-order valence-corrected chi connectivity index (χ1v) is 8.73. The van der Waals surface area contributed by atoms with Crippen LogP contribution in [0.15, 0.2) is 58.4 Å². The number of aromatic nitrogens is 2. The third-order valence-electron chi connectivity index (χ3n) is 3.89. The molecule has 0 unspecified atom stereocenters. The molecule has 1 amide bonds. The second-order valence-electron chi connectivity index (χ2n) is 5.67. The first-order valence-electron chi connectivity index (χ1n) is 7.85.